The van der Waals surface area contributed by atoms with Crippen LogP contribution in [0.1, 0.15) is 25.0 Å². The molecule has 0 atom stereocenters. The number of urea groups is 1. The predicted octanol–water partition coefficient (Wildman–Crippen LogP) is 1.45. The van der Waals surface area contributed by atoms with E-state index in [-0.39, 0.29) is 5.41 Å². The number of nitrogens with one attached hydrogen (secondary N) is 2. The number of rotatable bonds is 4. The van der Waals surface area contributed by atoms with Gasteiger partial charge < -0.3 is 10.1 Å². The fourth-order valence-corrected chi connectivity index (χ4v) is 1.80. The summed E-state index contributed by atoms with van der Waals surface area (Å²) in [4.78, 5) is 11.1. The number of hydrogen-bond donors (Lipinski definition) is 3. The average molecular weight is 251 g/mol. The molecule has 0 aromatic heterocycles. The first kappa shape index (κ1) is 14.3. The molecule has 0 aliphatic rings. The van der Waals surface area contributed by atoms with Crippen LogP contribution in [-0.4, -0.2) is 19.7 Å². The van der Waals surface area contributed by atoms with Crippen LogP contribution in [0.4, 0.5) is 4.79 Å². The summed E-state index contributed by atoms with van der Waals surface area (Å²) >= 11 is 0. The van der Waals surface area contributed by atoms with Gasteiger partial charge in [-0.2, -0.15) is 0 Å². The Morgan fingerprint density at radius 3 is 2.67 bits per heavy atom. The van der Waals surface area contributed by atoms with E-state index < -0.39 is 6.03 Å². The average Bonchev–Trinajstić information content (AvgIpc) is 2.36. The summed E-state index contributed by atoms with van der Waals surface area (Å²) in [5.41, 5.74) is 4.01. The fraction of sp³-hybridized carbons (Fsp3) is 0.462. The van der Waals surface area contributed by atoms with Crippen molar-refractivity contribution in [3.8, 4) is 5.75 Å². The lowest BCUT2D eigenvalue weighted by atomic mass is 9.83. The Labute approximate surface area is 108 Å². The summed E-state index contributed by atoms with van der Waals surface area (Å²) in [6.07, 6.45) is 0. The quantitative estimate of drug-likeness (QED) is 0.431. The molecule has 0 saturated carbocycles. The third-order valence-electron chi connectivity index (χ3n) is 2.91. The Bertz CT molecular complexity index is 430. The van der Waals surface area contributed by atoms with Gasteiger partial charge in [-0.15, -0.1) is 0 Å². The van der Waals surface area contributed by atoms with Crippen LogP contribution in [0.5, 0.6) is 5.75 Å². The molecule has 5 heteroatoms. The van der Waals surface area contributed by atoms with Gasteiger partial charge in [-0.1, -0.05) is 31.5 Å². The zero-order chi connectivity index (χ0) is 13.8. The Morgan fingerprint density at radius 2 is 2.11 bits per heavy atom. The summed E-state index contributed by atoms with van der Waals surface area (Å²) < 4.78 is 5.37. The molecule has 4 N–H and O–H groups in total. The summed E-state index contributed by atoms with van der Waals surface area (Å²) in [6.45, 7) is 6.58. The second-order valence-electron chi connectivity index (χ2n) is 4.91. The molecule has 5 nitrogen and oxygen atoms in total. The minimum absolute atomic E-state index is 0.246. The van der Waals surface area contributed by atoms with E-state index in [1.54, 1.807) is 7.11 Å². The lowest BCUT2D eigenvalue weighted by Crippen LogP contribution is -2.45. The third-order valence-corrected chi connectivity index (χ3v) is 2.91. The second kappa shape index (κ2) is 5.73. The lowest BCUT2D eigenvalue weighted by Gasteiger charge is -2.27. The van der Waals surface area contributed by atoms with Crippen molar-refractivity contribution in [2.45, 2.75) is 26.2 Å². The van der Waals surface area contributed by atoms with E-state index in [1.807, 2.05) is 38.3 Å². The molecule has 0 spiro atoms. The highest BCUT2D eigenvalue weighted by Crippen LogP contribution is 2.31. The van der Waals surface area contributed by atoms with Gasteiger partial charge in [-0.3, -0.25) is 5.43 Å². The molecule has 0 unspecified atom stereocenters. The lowest BCUT2D eigenvalue weighted by molar-refractivity contribution is 0.238. The van der Waals surface area contributed by atoms with Crippen molar-refractivity contribution in [1.82, 2.24) is 10.7 Å². The van der Waals surface area contributed by atoms with Gasteiger partial charge in [0.25, 0.3) is 0 Å². The van der Waals surface area contributed by atoms with Crippen LogP contribution in [0.25, 0.3) is 0 Å². The van der Waals surface area contributed by atoms with Crippen molar-refractivity contribution in [2.75, 3.05) is 13.7 Å². The number of carbonyl (C=O) groups excluding carboxylic acids is 1. The van der Waals surface area contributed by atoms with Crippen molar-refractivity contribution >= 4 is 6.03 Å². The smallest absolute Gasteiger partial charge is 0.328 e. The first-order valence-corrected chi connectivity index (χ1v) is 5.80. The Balaban J connectivity index is 2.95. The van der Waals surface area contributed by atoms with E-state index in [0.29, 0.717) is 6.54 Å². The molecule has 1 aromatic rings. The minimum atomic E-state index is -0.394. The molecule has 2 amide bonds. The van der Waals surface area contributed by atoms with Crippen LogP contribution in [0, 0.1) is 6.92 Å². The van der Waals surface area contributed by atoms with E-state index in [9.17, 15) is 4.79 Å². The first-order chi connectivity index (χ1) is 8.40. The topological polar surface area (TPSA) is 76.4 Å². The molecule has 0 heterocycles. The van der Waals surface area contributed by atoms with Crippen LogP contribution in [-0.2, 0) is 5.41 Å². The zero-order valence-corrected chi connectivity index (χ0v) is 11.3. The largest absolute Gasteiger partial charge is 0.496 e. The summed E-state index contributed by atoms with van der Waals surface area (Å²) in [6, 6.07) is 5.61. The molecular formula is C13H21N3O2. The van der Waals surface area contributed by atoms with Crippen LogP contribution < -0.4 is 21.3 Å². The third kappa shape index (κ3) is 3.37. The molecule has 0 bridgehead atoms. The molecule has 18 heavy (non-hydrogen) atoms. The Kier molecular flexibility index (Phi) is 4.55. The SMILES string of the molecule is COc1ccc(C)cc1C(C)(C)CNC(=O)NN. The maximum atomic E-state index is 11.1. The normalized spacial score (nSPS) is 10.9. The second-order valence-corrected chi connectivity index (χ2v) is 4.91. The molecule has 1 aromatic carbocycles. The van der Waals surface area contributed by atoms with Crippen molar-refractivity contribution in [3.05, 3.63) is 29.3 Å². The highest BCUT2D eigenvalue weighted by Gasteiger charge is 2.25. The van der Waals surface area contributed by atoms with Gasteiger partial charge in [0, 0.05) is 17.5 Å². The van der Waals surface area contributed by atoms with E-state index in [4.69, 9.17) is 10.6 Å². The highest BCUT2D eigenvalue weighted by atomic mass is 16.5. The van der Waals surface area contributed by atoms with E-state index >= 15 is 0 Å². The summed E-state index contributed by atoms with van der Waals surface area (Å²) in [5.74, 6) is 5.85. The molecule has 0 aliphatic carbocycles. The number of nitrogens with two attached hydrogens (primary N) is 1. The number of carbonyl (C=O) groups is 1. The fourth-order valence-electron chi connectivity index (χ4n) is 1.80. The van der Waals surface area contributed by atoms with E-state index in [1.165, 1.54) is 0 Å². The van der Waals surface area contributed by atoms with Gasteiger partial charge >= 0.3 is 6.03 Å². The Morgan fingerprint density at radius 1 is 1.44 bits per heavy atom. The predicted molar refractivity (Wildman–Crippen MR) is 71.5 cm³/mol. The maximum Gasteiger partial charge on any atom is 0.328 e. The van der Waals surface area contributed by atoms with Crippen molar-refractivity contribution in [3.63, 3.8) is 0 Å². The molecular weight excluding hydrogens is 230 g/mol. The molecule has 0 radical (unpaired) electrons. The van der Waals surface area contributed by atoms with Crippen LogP contribution in [0.15, 0.2) is 18.2 Å². The van der Waals surface area contributed by atoms with Gasteiger partial charge in [-0.25, -0.2) is 10.6 Å². The highest BCUT2D eigenvalue weighted by molar-refractivity contribution is 5.73. The van der Waals surface area contributed by atoms with Crippen LogP contribution >= 0.6 is 0 Å². The van der Waals surface area contributed by atoms with Gasteiger partial charge in [0.05, 0.1) is 7.11 Å². The number of methoxy groups -OCH3 is 1. The number of benzene rings is 1. The molecule has 1 rings (SSSR count). The monoisotopic (exact) mass is 251 g/mol. The summed E-state index contributed by atoms with van der Waals surface area (Å²) in [5, 5.41) is 2.71. The van der Waals surface area contributed by atoms with Crippen molar-refractivity contribution in [2.24, 2.45) is 5.84 Å². The van der Waals surface area contributed by atoms with Crippen LogP contribution in [0.3, 0.4) is 0 Å². The molecule has 0 saturated heterocycles. The van der Waals surface area contributed by atoms with Gasteiger partial charge in [0.2, 0.25) is 0 Å². The van der Waals surface area contributed by atoms with Gasteiger partial charge in [0.15, 0.2) is 0 Å². The van der Waals surface area contributed by atoms with Gasteiger partial charge in [0.1, 0.15) is 5.75 Å². The van der Waals surface area contributed by atoms with Gasteiger partial charge in [-0.05, 0) is 13.0 Å². The number of aryl methyl sites for hydroxylation is 1. The van der Waals surface area contributed by atoms with Crippen molar-refractivity contribution < 1.29 is 9.53 Å². The first-order valence-electron chi connectivity index (χ1n) is 5.80. The maximum absolute atomic E-state index is 11.1. The van der Waals surface area contributed by atoms with E-state index in [2.05, 4.69) is 11.4 Å². The molecule has 0 aliphatic heterocycles. The number of hydrogen-bond acceptors (Lipinski definition) is 3. The van der Waals surface area contributed by atoms with E-state index in [0.717, 1.165) is 16.9 Å². The molecule has 100 valence electrons. The summed E-state index contributed by atoms with van der Waals surface area (Å²) in [7, 11) is 1.64. The number of ether oxygens (including phenoxy) is 1. The zero-order valence-electron chi connectivity index (χ0n) is 11.3. The molecule has 0 fully saturated rings. The van der Waals surface area contributed by atoms with Crippen molar-refractivity contribution in [1.29, 1.82) is 0 Å². The number of amides is 2. The standard InChI is InChI=1S/C13H21N3O2/c1-9-5-6-11(18-4)10(7-9)13(2,3)8-15-12(17)16-14/h5-7H,8,14H2,1-4H3,(H2,15,16,17). The Hall–Kier alpha value is -1.75. The minimum Gasteiger partial charge on any atom is -0.496 e. The number of hydrazine groups is 1. The van der Waals surface area contributed by atoms with Crippen LogP contribution in [0.2, 0.25) is 0 Å².